The lowest BCUT2D eigenvalue weighted by Crippen LogP contribution is -2.51. The van der Waals surface area contributed by atoms with Crippen molar-refractivity contribution in [3.8, 4) is 0 Å². The molecule has 184 valence electrons. The zero-order chi connectivity index (χ0) is 25.2. The molecule has 0 radical (unpaired) electrons. The smallest absolute Gasteiger partial charge is 0.253 e. The molecule has 2 aliphatic rings. The maximum Gasteiger partial charge on any atom is 0.253 e. The zero-order valence-electron chi connectivity index (χ0n) is 20.7. The molecular weight excluding hydrogens is 450 g/mol. The van der Waals surface area contributed by atoms with Crippen molar-refractivity contribution in [2.75, 3.05) is 31.5 Å². The van der Waals surface area contributed by atoms with Crippen LogP contribution in [0, 0.1) is 5.92 Å². The predicted octanol–water partition coefficient (Wildman–Crippen LogP) is 4.76. The molecular formula is C30H31N3O3. The number of nitrogens with zero attached hydrogens (tertiary/aromatic N) is 2. The van der Waals surface area contributed by atoms with Crippen LogP contribution in [0.2, 0.25) is 0 Å². The van der Waals surface area contributed by atoms with E-state index < -0.39 is 5.92 Å². The lowest BCUT2D eigenvalue weighted by atomic mass is 9.78. The number of ketones is 1. The highest BCUT2D eigenvalue weighted by Gasteiger charge is 2.37. The summed E-state index contributed by atoms with van der Waals surface area (Å²) in [6, 6.07) is 24.8. The van der Waals surface area contributed by atoms with Crippen LogP contribution in [0.15, 0.2) is 78.9 Å². The van der Waals surface area contributed by atoms with Crippen molar-refractivity contribution in [1.29, 1.82) is 0 Å². The fraction of sp³-hybridized carbons (Fsp3) is 0.300. The Balaban J connectivity index is 1.42. The Morgan fingerprint density at radius 3 is 2.17 bits per heavy atom. The lowest BCUT2D eigenvalue weighted by molar-refractivity contribution is -0.135. The molecule has 2 heterocycles. The molecule has 1 fully saturated rings. The molecule has 0 bridgehead atoms. The molecule has 1 saturated heterocycles. The molecule has 2 aliphatic heterocycles. The highest BCUT2D eigenvalue weighted by atomic mass is 16.2. The van der Waals surface area contributed by atoms with Gasteiger partial charge in [0.15, 0.2) is 5.78 Å². The first kappa shape index (κ1) is 23.8. The van der Waals surface area contributed by atoms with Crippen LogP contribution in [-0.2, 0) is 4.79 Å². The van der Waals surface area contributed by atoms with Crippen molar-refractivity contribution in [2.45, 2.75) is 25.8 Å². The van der Waals surface area contributed by atoms with Crippen molar-refractivity contribution in [2.24, 2.45) is 5.92 Å². The Labute approximate surface area is 211 Å². The van der Waals surface area contributed by atoms with E-state index in [0.29, 0.717) is 37.3 Å². The minimum atomic E-state index is -0.462. The fourth-order valence-electron chi connectivity index (χ4n) is 5.22. The Morgan fingerprint density at radius 1 is 0.806 bits per heavy atom. The normalized spacial score (nSPS) is 19.6. The van der Waals surface area contributed by atoms with E-state index in [9.17, 15) is 14.4 Å². The number of carbonyl (C=O) groups is 3. The number of anilines is 1. The number of hydrogen-bond donors (Lipinski definition) is 1. The molecule has 6 nitrogen and oxygen atoms in total. The Morgan fingerprint density at radius 2 is 1.44 bits per heavy atom. The summed E-state index contributed by atoms with van der Waals surface area (Å²) in [6.07, 6.45) is 0. The van der Waals surface area contributed by atoms with E-state index in [0.717, 1.165) is 16.8 Å². The topological polar surface area (TPSA) is 69.7 Å². The fourth-order valence-corrected chi connectivity index (χ4v) is 5.22. The van der Waals surface area contributed by atoms with Crippen LogP contribution in [-0.4, -0.2) is 53.6 Å². The van der Waals surface area contributed by atoms with Crippen molar-refractivity contribution < 1.29 is 14.4 Å². The Kier molecular flexibility index (Phi) is 6.59. The van der Waals surface area contributed by atoms with E-state index in [4.69, 9.17) is 0 Å². The molecule has 3 aromatic rings. The second-order valence-electron chi connectivity index (χ2n) is 9.82. The molecule has 1 N–H and O–H groups in total. The summed E-state index contributed by atoms with van der Waals surface area (Å²) in [5.74, 6) is -0.409. The van der Waals surface area contributed by atoms with Gasteiger partial charge in [0.05, 0.1) is 12.0 Å². The van der Waals surface area contributed by atoms with Crippen molar-refractivity contribution >= 4 is 23.3 Å². The third kappa shape index (κ3) is 4.51. The standard InChI is InChI=1S/C30H31N3O3/c1-20(2)29(35)32-15-17-33(18-16-32)30(36)23-12-8-11-22(19-23)26-27(21-9-4-3-5-10-21)31-25-14-7-6-13-24(25)28(26)34/h3-14,19-20,26-27,31H,15-18H2,1-2H3. The van der Waals surface area contributed by atoms with Gasteiger partial charge < -0.3 is 15.1 Å². The number of carbonyl (C=O) groups excluding carboxylic acids is 3. The van der Waals surface area contributed by atoms with Crippen LogP contribution < -0.4 is 5.32 Å². The molecule has 0 aliphatic carbocycles. The third-order valence-electron chi connectivity index (χ3n) is 7.14. The molecule has 5 rings (SSSR count). The van der Waals surface area contributed by atoms with Gasteiger partial charge in [-0.15, -0.1) is 0 Å². The van der Waals surface area contributed by atoms with Crippen LogP contribution >= 0.6 is 0 Å². The van der Waals surface area contributed by atoms with Gasteiger partial charge in [-0.2, -0.15) is 0 Å². The first-order chi connectivity index (χ1) is 17.4. The van der Waals surface area contributed by atoms with E-state index in [1.165, 1.54) is 0 Å². The summed E-state index contributed by atoms with van der Waals surface area (Å²) < 4.78 is 0. The SMILES string of the molecule is CC(C)C(=O)N1CCN(C(=O)c2cccc(C3C(=O)c4ccccc4NC3c3ccccc3)c2)CC1. The molecule has 2 amide bonds. The zero-order valence-corrected chi connectivity index (χ0v) is 20.7. The van der Waals surface area contributed by atoms with Crippen LogP contribution in [0.3, 0.4) is 0 Å². The summed E-state index contributed by atoms with van der Waals surface area (Å²) >= 11 is 0. The number of rotatable bonds is 4. The summed E-state index contributed by atoms with van der Waals surface area (Å²) in [7, 11) is 0. The minimum absolute atomic E-state index is 0.0450. The Bertz CT molecular complexity index is 1280. The molecule has 3 aromatic carbocycles. The Hall–Kier alpha value is -3.93. The van der Waals surface area contributed by atoms with Gasteiger partial charge in [-0.05, 0) is 35.4 Å². The maximum absolute atomic E-state index is 13.8. The van der Waals surface area contributed by atoms with E-state index in [-0.39, 0.29) is 29.6 Å². The van der Waals surface area contributed by atoms with E-state index >= 15 is 0 Å². The summed E-state index contributed by atoms with van der Waals surface area (Å²) in [5, 5.41) is 3.58. The van der Waals surface area contributed by atoms with E-state index in [1.54, 1.807) is 4.90 Å². The second kappa shape index (κ2) is 9.97. The molecule has 2 atom stereocenters. The summed E-state index contributed by atoms with van der Waals surface area (Å²) in [4.78, 5) is 43.1. The highest BCUT2D eigenvalue weighted by molar-refractivity contribution is 6.08. The van der Waals surface area contributed by atoms with E-state index in [1.807, 2.05) is 97.6 Å². The summed E-state index contributed by atoms with van der Waals surface area (Å²) in [5.41, 5.74) is 3.89. The maximum atomic E-state index is 13.8. The quantitative estimate of drug-likeness (QED) is 0.583. The van der Waals surface area contributed by atoms with Crippen LogP contribution in [0.25, 0.3) is 0 Å². The average Bonchev–Trinajstić information content (AvgIpc) is 2.92. The van der Waals surface area contributed by atoms with Crippen molar-refractivity contribution in [3.05, 3.63) is 101 Å². The number of fused-ring (bicyclic) bond motifs is 1. The number of hydrogen-bond acceptors (Lipinski definition) is 4. The van der Waals surface area contributed by atoms with Crippen molar-refractivity contribution in [1.82, 2.24) is 9.80 Å². The first-order valence-corrected chi connectivity index (χ1v) is 12.6. The lowest BCUT2D eigenvalue weighted by Gasteiger charge is -2.36. The average molecular weight is 482 g/mol. The number of Topliss-reactive ketones (excluding diaryl/α,β-unsaturated/α-hetero) is 1. The minimum Gasteiger partial charge on any atom is -0.377 e. The number of nitrogens with one attached hydrogen (secondary N) is 1. The molecule has 0 aromatic heterocycles. The van der Waals surface area contributed by atoms with Crippen LogP contribution in [0.1, 0.15) is 57.7 Å². The van der Waals surface area contributed by atoms with Gasteiger partial charge in [0.2, 0.25) is 5.91 Å². The first-order valence-electron chi connectivity index (χ1n) is 12.6. The molecule has 6 heteroatoms. The highest BCUT2D eigenvalue weighted by Crippen LogP contribution is 2.42. The van der Waals surface area contributed by atoms with Gasteiger partial charge in [0, 0.05) is 48.9 Å². The monoisotopic (exact) mass is 481 g/mol. The van der Waals surface area contributed by atoms with Gasteiger partial charge in [-0.1, -0.05) is 68.4 Å². The van der Waals surface area contributed by atoms with Crippen molar-refractivity contribution in [3.63, 3.8) is 0 Å². The largest absolute Gasteiger partial charge is 0.377 e. The van der Waals surface area contributed by atoms with Gasteiger partial charge >= 0.3 is 0 Å². The second-order valence-corrected chi connectivity index (χ2v) is 9.82. The van der Waals surface area contributed by atoms with Gasteiger partial charge in [0.25, 0.3) is 5.91 Å². The number of benzene rings is 3. The van der Waals surface area contributed by atoms with Gasteiger partial charge in [-0.3, -0.25) is 14.4 Å². The molecule has 0 spiro atoms. The number of amides is 2. The van der Waals surface area contributed by atoms with E-state index in [2.05, 4.69) is 5.32 Å². The summed E-state index contributed by atoms with van der Waals surface area (Å²) in [6.45, 7) is 5.89. The third-order valence-corrected chi connectivity index (χ3v) is 7.14. The van der Waals surface area contributed by atoms with Crippen LogP contribution in [0.5, 0.6) is 0 Å². The number of para-hydroxylation sites is 1. The molecule has 2 unspecified atom stereocenters. The van der Waals surface area contributed by atoms with Gasteiger partial charge in [-0.25, -0.2) is 0 Å². The van der Waals surface area contributed by atoms with Gasteiger partial charge in [0.1, 0.15) is 0 Å². The molecule has 0 saturated carbocycles. The van der Waals surface area contributed by atoms with Crippen LogP contribution in [0.4, 0.5) is 5.69 Å². The predicted molar refractivity (Wildman–Crippen MR) is 140 cm³/mol. The number of piperazine rings is 1. The molecule has 36 heavy (non-hydrogen) atoms.